The second kappa shape index (κ2) is 7.53. The number of rotatable bonds is 4. The monoisotopic (exact) mass is 396 g/mol. The van der Waals surface area contributed by atoms with E-state index < -0.39 is 0 Å². The molecule has 0 spiro atoms. The first-order chi connectivity index (χ1) is 11.5. The molecule has 122 valence electrons. The van der Waals surface area contributed by atoms with Gasteiger partial charge < -0.3 is 0 Å². The standard InChI is InChI=1S/C17H11Cl3N2OS/c18-12-6-4-10(5-7-12)16(23)22-17-21-9-13(24-17)8-11-2-1-3-14(19)15(11)20/h1-7,9H,8H2,(H,21,22,23). The molecule has 3 rings (SSSR count). The minimum Gasteiger partial charge on any atom is -0.298 e. The summed E-state index contributed by atoms with van der Waals surface area (Å²) in [6.07, 6.45) is 2.33. The molecule has 1 heterocycles. The van der Waals surface area contributed by atoms with E-state index in [-0.39, 0.29) is 5.91 Å². The summed E-state index contributed by atoms with van der Waals surface area (Å²) in [4.78, 5) is 17.4. The van der Waals surface area contributed by atoms with E-state index in [2.05, 4.69) is 10.3 Å². The second-order valence-electron chi connectivity index (χ2n) is 4.98. The van der Waals surface area contributed by atoms with Crippen LogP contribution in [0.5, 0.6) is 0 Å². The third-order valence-electron chi connectivity index (χ3n) is 3.28. The van der Waals surface area contributed by atoms with Crippen molar-refractivity contribution in [2.24, 2.45) is 0 Å². The lowest BCUT2D eigenvalue weighted by molar-refractivity contribution is 0.102. The number of benzene rings is 2. The van der Waals surface area contributed by atoms with Crippen molar-refractivity contribution < 1.29 is 4.79 Å². The van der Waals surface area contributed by atoms with E-state index in [0.29, 0.717) is 32.2 Å². The molecule has 0 unspecified atom stereocenters. The van der Waals surface area contributed by atoms with Crippen molar-refractivity contribution in [1.29, 1.82) is 0 Å². The highest BCUT2D eigenvalue weighted by molar-refractivity contribution is 7.15. The quantitative estimate of drug-likeness (QED) is 0.591. The average molecular weight is 398 g/mol. The molecule has 0 aliphatic heterocycles. The van der Waals surface area contributed by atoms with Crippen LogP contribution in [-0.4, -0.2) is 10.9 Å². The van der Waals surface area contributed by atoms with Gasteiger partial charge in [-0.25, -0.2) is 4.98 Å². The number of nitrogens with zero attached hydrogens (tertiary/aromatic N) is 1. The predicted molar refractivity (Wildman–Crippen MR) is 101 cm³/mol. The van der Waals surface area contributed by atoms with Gasteiger partial charge in [-0.15, -0.1) is 11.3 Å². The van der Waals surface area contributed by atoms with Crippen LogP contribution in [0.3, 0.4) is 0 Å². The summed E-state index contributed by atoms with van der Waals surface area (Å²) in [5.41, 5.74) is 1.44. The van der Waals surface area contributed by atoms with Gasteiger partial charge in [0.05, 0.1) is 10.0 Å². The molecule has 0 atom stereocenters. The van der Waals surface area contributed by atoms with E-state index in [4.69, 9.17) is 34.8 Å². The molecule has 0 saturated carbocycles. The number of anilines is 1. The Morgan fingerprint density at radius 1 is 1.08 bits per heavy atom. The molecular weight excluding hydrogens is 387 g/mol. The molecule has 1 aromatic heterocycles. The van der Waals surface area contributed by atoms with E-state index in [0.717, 1.165) is 10.4 Å². The number of hydrogen-bond acceptors (Lipinski definition) is 3. The van der Waals surface area contributed by atoms with E-state index in [1.165, 1.54) is 11.3 Å². The van der Waals surface area contributed by atoms with Crippen molar-refractivity contribution in [1.82, 2.24) is 4.98 Å². The number of thiazole rings is 1. The summed E-state index contributed by atoms with van der Waals surface area (Å²) in [5.74, 6) is -0.228. The SMILES string of the molecule is O=C(Nc1ncc(Cc2cccc(Cl)c2Cl)s1)c1ccc(Cl)cc1. The van der Waals surface area contributed by atoms with Crippen LogP contribution in [0.1, 0.15) is 20.8 Å². The Morgan fingerprint density at radius 2 is 1.83 bits per heavy atom. The maximum atomic E-state index is 12.2. The highest BCUT2D eigenvalue weighted by atomic mass is 35.5. The lowest BCUT2D eigenvalue weighted by Gasteiger charge is -2.03. The molecule has 0 aliphatic carbocycles. The zero-order chi connectivity index (χ0) is 17.1. The van der Waals surface area contributed by atoms with Crippen LogP contribution in [0.25, 0.3) is 0 Å². The molecule has 0 radical (unpaired) electrons. The molecule has 0 bridgehead atoms. The summed E-state index contributed by atoms with van der Waals surface area (Å²) in [7, 11) is 0. The van der Waals surface area contributed by atoms with Gasteiger partial charge in [-0.3, -0.25) is 10.1 Å². The maximum absolute atomic E-state index is 12.2. The number of halogens is 3. The van der Waals surface area contributed by atoms with Crippen molar-refractivity contribution >= 4 is 57.2 Å². The molecule has 3 aromatic rings. The highest BCUT2D eigenvalue weighted by Gasteiger charge is 2.11. The van der Waals surface area contributed by atoms with Gasteiger partial charge in [-0.1, -0.05) is 46.9 Å². The zero-order valence-electron chi connectivity index (χ0n) is 12.2. The second-order valence-corrected chi connectivity index (χ2v) is 7.32. The van der Waals surface area contributed by atoms with Crippen molar-refractivity contribution in [3.8, 4) is 0 Å². The Balaban J connectivity index is 1.70. The topological polar surface area (TPSA) is 42.0 Å². The van der Waals surface area contributed by atoms with Crippen LogP contribution in [-0.2, 0) is 6.42 Å². The number of nitrogens with one attached hydrogen (secondary N) is 1. The van der Waals surface area contributed by atoms with E-state index >= 15 is 0 Å². The number of carbonyl (C=O) groups excluding carboxylic acids is 1. The fourth-order valence-corrected chi connectivity index (χ4v) is 3.43. The summed E-state index contributed by atoms with van der Waals surface area (Å²) < 4.78 is 0. The first-order valence-electron chi connectivity index (χ1n) is 6.97. The Kier molecular flexibility index (Phi) is 5.41. The third-order valence-corrected chi connectivity index (χ3v) is 5.30. The third kappa shape index (κ3) is 4.08. The summed E-state index contributed by atoms with van der Waals surface area (Å²) in [6, 6.07) is 12.2. The van der Waals surface area contributed by atoms with E-state index in [1.807, 2.05) is 12.1 Å². The van der Waals surface area contributed by atoms with Gasteiger partial charge in [-0.05, 0) is 35.9 Å². The fraction of sp³-hybridized carbons (Fsp3) is 0.0588. The molecule has 2 aromatic carbocycles. The summed E-state index contributed by atoms with van der Waals surface area (Å²) in [6.45, 7) is 0. The van der Waals surface area contributed by atoms with Gasteiger partial charge in [0, 0.05) is 28.1 Å². The van der Waals surface area contributed by atoms with E-state index in [1.54, 1.807) is 36.5 Å². The maximum Gasteiger partial charge on any atom is 0.257 e. The van der Waals surface area contributed by atoms with Crippen molar-refractivity contribution in [3.05, 3.63) is 79.7 Å². The van der Waals surface area contributed by atoms with Gasteiger partial charge >= 0.3 is 0 Å². The Hall–Kier alpha value is -1.59. The number of aromatic nitrogens is 1. The fourth-order valence-electron chi connectivity index (χ4n) is 2.09. The molecule has 24 heavy (non-hydrogen) atoms. The van der Waals surface area contributed by atoms with Gasteiger partial charge in [0.25, 0.3) is 5.91 Å². The number of hydrogen-bond donors (Lipinski definition) is 1. The first-order valence-corrected chi connectivity index (χ1v) is 8.92. The largest absolute Gasteiger partial charge is 0.298 e. The van der Waals surface area contributed by atoms with Crippen molar-refractivity contribution in [2.75, 3.05) is 5.32 Å². The van der Waals surface area contributed by atoms with Crippen LogP contribution >= 0.6 is 46.1 Å². The zero-order valence-corrected chi connectivity index (χ0v) is 15.3. The van der Waals surface area contributed by atoms with Gasteiger partial charge in [0.1, 0.15) is 0 Å². The van der Waals surface area contributed by atoms with Gasteiger partial charge in [0.15, 0.2) is 5.13 Å². The molecule has 7 heteroatoms. The van der Waals surface area contributed by atoms with Crippen LogP contribution in [0.4, 0.5) is 5.13 Å². The summed E-state index contributed by atoms with van der Waals surface area (Å²) in [5, 5.41) is 4.96. The lowest BCUT2D eigenvalue weighted by Crippen LogP contribution is -2.11. The predicted octanol–water partition coefficient (Wildman–Crippen LogP) is 5.95. The van der Waals surface area contributed by atoms with Crippen LogP contribution in [0.15, 0.2) is 48.7 Å². The highest BCUT2D eigenvalue weighted by Crippen LogP contribution is 2.29. The molecule has 1 N–H and O–H groups in total. The number of amides is 1. The molecule has 0 saturated heterocycles. The van der Waals surface area contributed by atoms with Crippen molar-refractivity contribution in [3.63, 3.8) is 0 Å². The Labute approximate surface area is 158 Å². The van der Waals surface area contributed by atoms with Gasteiger partial charge in [0.2, 0.25) is 0 Å². The van der Waals surface area contributed by atoms with Gasteiger partial charge in [-0.2, -0.15) is 0 Å². The minimum atomic E-state index is -0.228. The normalized spacial score (nSPS) is 10.6. The number of carbonyl (C=O) groups is 1. The smallest absolute Gasteiger partial charge is 0.257 e. The average Bonchev–Trinajstić information content (AvgIpc) is 2.99. The Morgan fingerprint density at radius 3 is 2.58 bits per heavy atom. The molecule has 0 aliphatic rings. The Bertz CT molecular complexity index is 878. The van der Waals surface area contributed by atoms with Crippen molar-refractivity contribution in [2.45, 2.75) is 6.42 Å². The summed E-state index contributed by atoms with van der Waals surface area (Å²) >= 11 is 19.4. The van der Waals surface area contributed by atoms with E-state index in [9.17, 15) is 4.79 Å². The molecule has 0 fully saturated rings. The molecular formula is C17H11Cl3N2OS. The lowest BCUT2D eigenvalue weighted by atomic mass is 10.1. The van der Waals surface area contributed by atoms with Crippen LogP contribution in [0, 0.1) is 0 Å². The molecule has 3 nitrogen and oxygen atoms in total. The van der Waals surface area contributed by atoms with Crippen LogP contribution in [0.2, 0.25) is 15.1 Å². The molecule has 1 amide bonds. The first kappa shape index (κ1) is 17.2. The minimum absolute atomic E-state index is 0.228. The van der Waals surface area contributed by atoms with Crippen LogP contribution < -0.4 is 5.32 Å².